The SMILES string of the molecule is CC(C(=O)O)C(=O)NCC1(C(=O)N(C)C)CCCC1. The summed E-state index contributed by atoms with van der Waals surface area (Å²) >= 11 is 0. The summed E-state index contributed by atoms with van der Waals surface area (Å²) in [5.41, 5.74) is -0.558. The zero-order valence-corrected chi connectivity index (χ0v) is 11.7. The van der Waals surface area contributed by atoms with Gasteiger partial charge in [0.1, 0.15) is 5.92 Å². The highest BCUT2D eigenvalue weighted by Gasteiger charge is 2.42. The highest BCUT2D eigenvalue weighted by molar-refractivity contribution is 5.96. The summed E-state index contributed by atoms with van der Waals surface area (Å²) in [4.78, 5) is 36.2. The first kappa shape index (κ1) is 15.5. The lowest BCUT2D eigenvalue weighted by Gasteiger charge is -2.31. The van der Waals surface area contributed by atoms with Crippen LogP contribution < -0.4 is 5.32 Å². The number of hydrogen-bond acceptors (Lipinski definition) is 3. The second-order valence-electron chi connectivity index (χ2n) is 5.46. The van der Waals surface area contributed by atoms with Crippen molar-refractivity contribution in [1.82, 2.24) is 10.2 Å². The fourth-order valence-electron chi connectivity index (χ4n) is 2.51. The van der Waals surface area contributed by atoms with Gasteiger partial charge in [-0.25, -0.2) is 0 Å². The maximum atomic E-state index is 12.2. The zero-order chi connectivity index (χ0) is 14.6. The minimum Gasteiger partial charge on any atom is -0.481 e. The minimum absolute atomic E-state index is 0.00766. The molecule has 0 radical (unpaired) electrons. The molecule has 1 rings (SSSR count). The maximum absolute atomic E-state index is 12.2. The van der Waals surface area contributed by atoms with Gasteiger partial charge in [0, 0.05) is 20.6 Å². The van der Waals surface area contributed by atoms with E-state index in [9.17, 15) is 14.4 Å². The summed E-state index contributed by atoms with van der Waals surface area (Å²) in [7, 11) is 3.40. The third-order valence-electron chi connectivity index (χ3n) is 3.79. The number of nitrogens with one attached hydrogen (secondary N) is 1. The molecule has 0 bridgehead atoms. The van der Waals surface area contributed by atoms with Crippen LogP contribution in [0.1, 0.15) is 32.6 Å². The van der Waals surface area contributed by atoms with Crippen LogP contribution in [-0.2, 0) is 14.4 Å². The molecule has 6 heteroatoms. The highest BCUT2D eigenvalue weighted by atomic mass is 16.4. The highest BCUT2D eigenvalue weighted by Crippen LogP contribution is 2.38. The van der Waals surface area contributed by atoms with Crippen molar-refractivity contribution in [2.75, 3.05) is 20.6 Å². The molecule has 1 atom stereocenters. The van der Waals surface area contributed by atoms with Crippen LogP contribution in [0.4, 0.5) is 0 Å². The van der Waals surface area contributed by atoms with Crippen molar-refractivity contribution in [2.24, 2.45) is 11.3 Å². The van der Waals surface area contributed by atoms with Gasteiger partial charge in [-0.3, -0.25) is 14.4 Å². The Morgan fingerprint density at radius 1 is 1.26 bits per heavy atom. The van der Waals surface area contributed by atoms with Crippen molar-refractivity contribution in [2.45, 2.75) is 32.6 Å². The molecule has 108 valence electrons. The second kappa shape index (κ2) is 6.04. The van der Waals surface area contributed by atoms with Crippen LogP contribution in [0.15, 0.2) is 0 Å². The normalized spacial score (nSPS) is 18.7. The van der Waals surface area contributed by atoms with Gasteiger partial charge in [-0.15, -0.1) is 0 Å². The molecular weight excluding hydrogens is 248 g/mol. The van der Waals surface area contributed by atoms with Gasteiger partial charge in [0.2, 0.25) is 11.8 Å². The van der Waals surface area contributed by atoms with Crippen molar-refractivity contribution in [3.8, 4) is 0 Å². The van der Waals surface area contributed by atoms with Crippen LogP contribution in [0, 0.1) is 11.3 Å². The van der Waals surface area contributed by atoms with Crippen LogP contribution in [-0.4, -0.2) is 48.4 Å². The Labute approximate surface area is 113 Å². The van der Waals surface area contributed by atoms with Gasteiger partial charge in [0.05, 0.1) is 5.41 Å². The molecule has 6 nitrogen and oxygen atoms in total. The Kier molecular flexibility index (Phi) is 4.91. The molecule has 1 aliphatic carbocycles. The number of carbonyl (C=O) groups excluding carboxylic acids is 2. The molecule has 0 aromatic carbocycles. The average Bonchev–Trinajstić information content (AvgIpc) is 2.83. The van der Waals surface area contributed by atoms with Crippen molar-refractivity contribution in [3.05, 3.63) is 0 Å². The van der Waals surface area contributed by atoms with Gasteiger partial charge < -0.3 is 15.3 Å². The van der Waals surface area contributed by atoms with Gasteiger partial charge >= 0.3 is 5.97 Å². The van der Waals surface area contributed by atoms with Gasteiger partial charge in [-0.1, -0.05) is 12.8 Å². The summed E-state index contributed by atoms with van der Waals surface area (Å²) < 4.78 is 0. The van der Waals surface area contributed by atoms with E-state index in [1.54, 1.807) is 14.1 Å². The van der Waals surface area contributed by atoms with Crippen LogP contribution in [0.3, 0.4) is 0 Å². The van der Waals surface area contributed by atoms with Gasteiger partial charge in [-0.2, -0.15) is 0 Å². The Hall–Kier alpha value is -1.59. The number of amides is 2. The van der Waals surface area contributed by atoms with Crippen LogP contribution in [0.2, 0.25) is 0 Å². The van der Waals surface area contributed by atoms with Gasteiger partial charge in [0.25, 0.3) is 0 Å². The maximum Gasteiger partial charge on any atom is 0.315 e. The number of hydrogen-bond donors (Lipinski definition) is 2. The Morgan fingerprint density at radius 3 is 2.21 bits per heavy atom. The molecule has 0 saturated heterocycles. The molecule has 2 N–H and O–H groups in total. The number of carboxylic acids is 1. The molecule has 1 aliphatic rings. The zero-order valence-electron chi connectivity index (χ0n) is 11.7. The molecular formula is C13H22N2O4. The standard InChI is InChI=1S/C13H22N2O4/c1-9(11(17)18)10(16)14-8-13(6-4-5-7-13)12(19)15(2)3/h9H,4-8H2,1-3H3,(H,14,16)(H,17,18). The Bertz CT molecular complexity index is 373. The van der Waals surface area contributed by atoms with E-state index in [1.165, 1.54) is 11.8 Å². The van der Waals surface area contributed by atoms with Crippen molar-refractivity contribution in [3.63, 3.8) is 0 Å². The number of carboxylic acid groups (broad SMARTS) is 1. The molecule has 0 aromatic rings. The summed E-state index contributed by atoms with van der Waals surface area (Å²) in [5, 5.41) is 11.4. The first-order valence-electron chi connectivity index (χ1n) is 6.52. The topological polar surface area (TPSA) is 86.7 Å². The van der Waals surface area contributed by atoms with Gasteiger partial charge in [0.15, 0.2) is 0 Å². The molecule has 2 amide bonds. The van der Waals surface area contributed by atoms with E-state index in [2.05, 4.69) is 5.32 Å². The summed E-state index contributed by atoms with van der Waals surface area (Å²) in [6.45, 7) is 1.56. The molecule has 1 fully saturated rings. The van der Waals surface area contributed by atoms with E-state index >= 15 is 0 Å². The van der Waals surface area contributed by atoms with Crippen LogP contribution in [0.5, 0.6) is 0 Å². The van der Waals surface area contributed by atoms with E-state index < -0.39 is 23.2 Å². The second-order valence-corrected chi connectivity index (χ2v) is 5.46. The number of aliphatic carboxylic acids is 1. The molecule has 0 heterocycles. The quantitative estimate of drug-likeness (QED) is 0.711. The summed E-state index contributed by atoms with van der Waals surface area (Å²) in [6.07, 6.45) is 3.41. The number of rotatable bonds is 5. The lowest BCUT2D eigenvalue weighted by Crippen LogP contribution is -2.48. The fourth-order valence-corrected chi connectivity index (χ4v) is 2.51. The van der Waals surface area contributed by atoms with E-state index in [4.69, 9.17) is 5.11 Å². The van der Waals surface area contributed by atoms with E-state index in [-0.39, 0.29) is 12.5 Å². The molecule has 1 unspecified atom stereocenters. The summed E-state index contributed by atoms with van der Waals surface area (Å²) in [5.74, 6) is -2.77. The molecule has 1 saturated carbocycles. The van der Waals surface area contributed by atoms with E-state index in [0.717, 1.165) is 25.7 Å². The van der Waals surface area contributed by atoms with Crippen LogP contribution in [0.25, 0.3) is 0 Å². The summed E-state index contributed by atoms with van der Waals surface area (Å²) in [6, 6.07) is 0. The smallest absolute Gasteiger partial charge is 0.315 e. The number of carbonyl (C=O) groups is 3. The third kappa shape index (κ3) is 3.45. The number of nitrogens with zero attached hydrogens (tertiary/aromatic N) is 1. The fraction of sp³-hybridized carbons (Fsp3) is 0.769. The van der Waals surface area contributed by atoms with E-state index in [0.29, 0.717) is 0 Å². The van der Waals surface area contributed by atoms with Crippen molar-refractivity contribution in [1.29, 1.82) is 0 Å². The molecule has 19 heavy (non-hydrogen) atoms. The third-order valence-corrected chi connectivity index (χ3v) is 3.79. The van der Waals surface area contributed by atoms with Gasteiger partial charge in [-0.05, 0) is 19.8 Å². The first-order valence-corrected chi connectivity index (χ1v) is 6.52. The minimum atomic E-state index is -1.16. The first-order chi connectivity index (χ1) is 8.80. The monoisotopic (exact) mass is 270 g/mol. The lowest BCUT2D eigenvalue weighted by molar-refractivity contribution is -0.146. The predicted octanol–water partition coefficient (Wildman–Crippen LogP) is 0.472. The Morgan fingerprint density at radius 2 is 1.79 bits per heavy atom. The molecule has 0 spiro atoms. The molecule has 0 aromatic heterocycles. The van der Waals surface area contributed by atoms with Crippen molar-refractivity contribution >= 4 is 17.8 Å². The predicted molar refractivity (Wildman–Crippen MR) is 69.4 cm³/mol. The molecule has 0 aliphatic heterocycles. The largest absolute Gasteiger partial charge is 0.481 e. The Balaban J connectivity index is 2.68. The average molecular weight is 270 g/mol. The lowest BCUT2D eigenvalue weighted by atomic mass is 9.84. The van der Waals surface area contributed by atoms with Crippen molar-refractivity contribution < 1.29 is 19.5 Å². The van der Waals surface area contributed by atoms with Crippen LogP contribution >= 0.6 is 0 Å². The van der Waals surface area contributed by atoms with E-state index in [1.807, 2.05) is 0 Å².